The molecule has 0 atom stereocenters. The quantitative estimate of drug-likeness (QED) is 0.321. The van der Waals surface area contributed by atoms with E-state index in [1.54, 1.807) is 0 Å². The van der Waals surface area contributed by atoms with Crippen molar-refractivity contribution in [2.45, 2.75) is 97.8 Å². The fraction of sp³-hybridized carbons (Fsp3) is 1.00. The van der Waals surface area contributed by atoms with Crippen molar-refractivity contribution in [3.05, 3.63) is 0 Å². The average Bonchev–Trinajstić information content (AvgIpc) is 2.43. The number of hydrogen-bond acceptors (Lipinski definition) is 0. The van der Waals surface area contributed by atoms with E-state index in [4.69, 9.17) is 0 Å². The van der Waals surface area contributed by atoms with Crippen LogP contribution in [0.5, 0.6) is 0 Å². The first kappa shape index (κ1) is 22.6. The molecular formula is C18H39FS. The van der Waals surface area contributed by atoms with Crippen LogP contribution in [-0.2, 0) is 10.9 Å². The predicted molar refractivity (Wildman–Crippen MR) is 94.4 cm³/mol. The minimum atomic E-state index is 0. The fourth-order valence-electron chi connectivity index (χ4n) is 2.51. The van der Waals surface area contributed by atoms with Gasteiger partial charge in [0.1, 0.15) is 17.3 Å². The van der Waals surface area contributed by atoms with Crippen molar-refractivity contribution >= 4 is 10.9 Å². The summed E-state index contributed by atoms with van der Waals surface area (Å²) in [5.74, 6) is 4.62. The van der Waals surface area contributed by atoms with Gasteiger partial charge in [-0.2, -0.15) is 0 Å². The van der Waals surface area contributed by atoms with Crippen molar-refractivity contribution in [1.29, 1.82) is 0 Å². The van der Waals surface area contributed by atoms with E-state index in [0.29, 0.717) is 0 Å². The Kier molecular flexibility index (Phi) is 21.7. The van der Waals surface area contributed by atoms with Crippen LogP contribution in [0.3, 0.4) is 0 Å². The summed E-state index contributed by atoms with van der Waals surface area (Å²) in [6.07, 6.45) is 17.4. The molecule has 0 rings (SSSR count). The second kappa shape index (κ2) is 19.3. The van der Waals surface area contributed by atoms with Gasteiger partial charge in [0.2, 0.25) is 0 Å². The molecule has 2 heteroatoms. The summed E-state index contributed by atoms with van der Waals surface area (Å²) in [4.78, 5) is 0. The Morgan fingerprint density at radius 3 is 1.00 bits per heavy atom. The number of unbranched alkanes of at least 4 members (excludes halogenated alkanes) is 9. The van der Waals surface area contributed by atoms with Crippen molar-refractivity contribution < 1.29 is 4.70 Å². The molecule has 0 aliphatic heterocycles. The molecule has 0 saturated heterocycles. The zero-order valence-electron chi connectivity index (χ0n) is 14.4. The van der Waals surface area contributed by atoms with Crippen molar-refractivity contribution in [2.75, 3.05) is 17.3 Å². The Hall–Kier alpha value is 0.280. The highest BCUT2D eigenvalue weighted by molar-refractivity contribution is 7.96. The molecular weight excluding hydrogens is 267 g/mol. The minimum Gasteiger partial charge on any atom is -1.00 e. The molecule has 0 nitrogen and oxygen atoms in total. The molecule has 0 N–H and O–H groups in total. The Balaban J connectivity index is 0. The van der Waals surface area contributed by atoms with Gasteiger partial charge in [-0.3, -0.25) is 0 Å². The van der Waals surface area contributed by atoms with Gasteiger partial charge < -0.3 is 4.70 Å². The molecule has 0 aliphatic rings. The molecule has 0 fully saturated rings. The summed E-state index contributed by atoms with van der Waals surface area (Å²) in [5.41, 5.74) is 0. The zero-order chi connectivity index (χ0) is 14.2. The second-order valence-corrected chi connectivity index (χ2v) is 8.36. The standard InChI is InChI=1S/C18H39S.FH/c1-4-7-10-13-16-19(17-14-11-8-5-2)18-15-12-9-6-3;/h4-18H2,1-3H3;1H/q+1;/p-1. The van der Waals surface area contributed by atoms with Gasteiger partial charge in [0.05, 0.1) is 0 Å². The van der Waals surface area contributed by atoms with Crippen molar-refractivity contribution in [2.24, 2.45) is 0 Å². The van der Waals surface area contributed by atoms with E-state index in [-0.39, 0.29) is 4.70 Å². The van der Waals surface area contributed by atoms with Gasteiger partial charge in [-0.05, 0) is 49.4 Å². The third-order valence-corrected chi connectivity index (χ3v) is 6.46. The zero-order valence-corrected chi connectivity index (χ0v) is 15.2. The summed E-state index contributed by atoms with van der Waals surface area (Å²) in [7, 11) is 0.765. The normalized spacial score (nSPS) is 10.8. The van der Waals surface area contributed by atoms with E-state index >= 15 is 0 Å². The van der Waals surface area contributed by atoms with E-state index in [0.717, 1.165) is 10.9 Å². The van der Waals surface area contributed by atoms with E-state index in [2.05, 4.69) is 20.8 Å². The maximum absolute atomic E-state index is 2.31. The van der Waals surface area contributed by atoms with Gasteiger partial charge in [0.15, 0.2) is 0 Å². The molecule has 0 aromatic rings. The van der Waals surface area contributed by atoms with E-state index < -0.39 is 0 Å². The van der Waals surface area contributed by atoms with Gasteiger partial charge in [0, 0.05) is 0 Å². The largest absolute Gasteiger partial charge is 1.00 e. The van der Waals surface area contributed by atoms with Gasteiger partial charge in [0.25, 0.3) is 0 Å². The molecule has 0 radical (unpaired) electrons. The van der Waals surface area contributed by atoms with Crippen LogP contribution < -0.4 is 4.70 Å². The molecule has 0 aromatic heterocycles. The third kappa shape index (κ3) is 16.3. The van der Waals surface area contributed by atoms with Gasteiger partial charge >= 0.3 is 0 Å². The Morgan fingerprint density at radius 1 is 0.450 bits per heavy atom. The fourth-order valence-corrected chi connectivity index (χ4v) is 4.95. The van der Waals surface area contributed by atoms with E-state index in [1.165, 1.54) is 94.3 Å². The highest BCUT2D eigenvalue weighted by Crippen LogP contribution is 2.12. The third-order valence-electron chi connectivity index (χ3n) is 3.86. The summed E-state index contributed by atoms with van der Waals surface area (Å²) >= 11 is 0. The first-order chi connectivity index (χ1) is 9.35. The Bertz CT molecular complexity index is 133. The van der Waals surface area contributed by atoms with Crippen molar-refractivity contribution in [3.63, 3.8) is 0 Å². The lowest BCUT2D eigenvalue weighted by molar-refractivity contribution is -0.00000435. The van der Waals surface area contributed by atoms with Crippen LogP contribution in [0.15, 0.2) is 0 Å². The maximum atomic E-state index is 2.31. The monoisotopic (exact) mass is 306 g/mol. The highest BCUT2D eigenvalue weighted by Gasteiger charge is 2.16. The molecule has 0 bridgehead atoms. The van der Waals surface area contributed by atoms with Crippen LogP contribution in [0.1, 0.15) is 97.8 Å². The molecule has 0 aliphatic carbocycles. The number of halogens is 1. The average molecular weight is 307 g/mol. The summed E-state index contributed by atoms with van der Waals surface area (Å²) in [5, 5.41) is 0. The van der Waals surface area contributed by atoms with Crippen LogP contribution in [0.2, 0.25) is 0 Å². The highest BCUT2D eigenvalue weighted by atomic mass is 32.2. The molecule has 0 aromatic carbocycles. The summed E-state index contributed by atoms with van der Waals surface area (Å²) in [6, 6.07) is 0. The number of rotatable bonds is 15. The topological polar surface area (TPSA) is 0 Å². The SMILES string of the molecule is CCCCCC[S+](CCCCCC)CCCCCC.[F-]. The minimum absolute atomic E-state index is 0. The predicted octanol–water partition coefficient (Wildman–Crippen LogP) is 3.35. The molecule has 0 spiro atoms. The molecule has 0 unspecified atom stereocenters. The first-order valence-corrected chi connectivity index (χ1v) is 10.7. The summed E-state index contributed by atoms with van der Waals surface area (Å²) < 4.78 is 0. The van der Waals surface area contributed by atoms with E-state index in [1.807, 2.05) is 0 Å². The van der Waals surface area contributed by atoms with Crippen LogP contribution in [0.4, 0.5) is 0 Å². The van der Waals surface area contributed by atoms with Gasteiger partial charge in [-0.25, -0.2) is 0 Å². The molecule has 0 heterocycles. The molecule has 20 heavy (non-hydrogen) atoms. The molecule has 0 saturated carbocycles. The Morgan fingerprint density at radius 2 is 0.750 bits per heavy atom. The van der Waals surface area contributed by atoms with Crippen LogP contribution in [0.25, 0.3) is 0 Å². The van der Waals surface area contributed by atoms with Crippen LogP contribution in [-0.4, -0.2) is 17.3 Å². The smallest absolute Gasteiger partial charge is 0.108 e. The van der Waals surface area contributed by atoms with Crippen LogP contribution >= 0.6 is 0 Å². The lowest BCUT2D eigenvalue weighted by Crippen LogP contribution is -3.00. The maximum Gasteiger partial charge on any atom is 0.108 e. The van der Waals surface area contributed by atoms with Gasteiger partial charge in [-0.15, -0.1) is 0 Å². The Labute approximate surface area is 131 Å². The number of hydrogen-bond donors (Lipinski definition) is 0. The lowest BCUT2D eigenvalue weighted by atomic mass is 10.2. The second-order valence-electron chi connectivity index (χ2n) is 5.91. The molecule has 124 valence electrons. The van der Waals surface area contributed by atoms with E-state index in [9.17, 15) is 0 Å². The van der Waals surface area contributed by atoms with Crippen molar-refractivity contribution in [1.82, 2.24) is 0 Å². The van der Waals surface area contributed by atoms with Crippen LogP contribution in [0, 0.1) is 0 Å². The lowest BCUT2D eigenvalue weighted by Gasteiger charge is -2.09. The van der Waals surface area contributed by atoms with Gasteiger partial charge in [-0.1, -0.05) is 59.3 Å². The molecule has 0 amide bonds. The first-order valence-electron chi connectivity index (χ1n) is 8.99. The van der Waals surface area contributed by atoms with Crippen molar-refractivity contribution in [3.8, 4) is 0 Å². The summed E-state index contributed by atoms with van der Waals surface area (Å²) in [6.45, 7) is 6.94.